The van der Waals surface area contributed by atoms with Gasteiger partial charge in [0.1, 0.15) is 23.1 Å². The van der Waals surface area contributed by atoms with Crippen molar-refractivity contribution in [3.63, 3.8) is 0 Å². The van der Waals surface area contributed by atoms with Crippen LogP contribution in [0.5, 0.6) is 0 Å². The normalized spacial score (nSPS) is 14.7. The molecule has 0 amide bonds. The number of fused-ring (bicyclic) bond motifs is 1. The fraction of sp³-hybridized carbons (Fsp3) is 0.179. The molecular weight excluding hydrogens is 557 g/mol. The summed E-state index contributed by atoms with van der Waals surface area (Å²) in [4.78, 5) is 7.72. The highest BCUT2D eigenvalue weighted by Crippen LogP contribution is 2.37. The van der Waals surface area contributed by atoms with Crippen molar-refractivity contribution >= 4 is 39.6 Å². The maximum atomic E-state index is 13.9. The quantitative estimate of drug-likeness (QED) is 0.232. The number of anilines is 3. The van der Waals surface area contributed by atoms with Crippen LogP contribution in [-0.2, 0) is 10.3 Å². The lowest BCUT2D eigenvalue weighted by atomic mass is 10.0. The largest absolute Gasteiger partial charge is 0.376 e. The highest BCUT2D eigenvalue weighted by molar-refractivity contribution is 6.36. The number of benzene rings is 2. The molecule has 2 aromatic carbocycles. The third kappa shape index (κ3) is 5.01. The molecule has 2 N–H and O–H groups in total. The smallest absolute Gasteiger partial charge is 0.249 e. The summed E-state index contributed by atoms with van der Waals surface area (Å²) >= 11 is 6.63. The average molecular weight is 577 g/mol. The SMILES string of the molecule is CC1(n2cc([C@@H](Nc3cc(Cl)c4ncc(C#N)c(Nc5cnc(F)c(F)c5)c4c3)c3ccc(F)cc3)nn2)COC1. The van der Waals surface area contributed by atoms with Crippen LogP contribution in [0.1, 0.15) is 29.8 Å². The number of nitrogens with zero attached hydrogens (tertiary/aromatic N) is 6. The lowest BCUT2D eigenvalue weighted by Crippen LogP contribution is -2.49. The number of nitriles is 1. The molecule has 13 heteroatoms. The van der Waals surface area contributed by atoms with Gasteiger partial charge in [-0.3, -0.25) is 4.98 Å². The molecule has 6 rings (SSSR count). The first-order chi connectivity index (χ1) is 19.7. The van der Waals surface area contributed by atoms with Crippen LogP contribution in [0, 0.1) is 28.9 Å². The molecule has 1 atom stereocenters. The van der Waals surface area contributed by atoms with Gasteiger partial charge in [0.15, 0.2) is 5.82 Å². The zero-order chi connectivity index (χ0) is 28.7. The van der Waals surface area contributed by atoms with Crippen molar-refractivity contribution in [2.24, 2.45) is 0 Å². The topological polar surface area (TPSA) is 114 Å². The first-order valence-corrected chi connectivity index (χ1v) is 12.7. The van der Waals surface area contributed by atoms with E-state index in [-0.39, 0.29) is 33.3 Å². The first kappa shape index (κ1) is 26.5. The Morgan fingerprint density at radius 3 is 2.54 bits per heavy atom. The van der Waals surface area contributed by atoms with Gasteiger partial charge in [0.05, 0.1) is 59.1 Å². The number of ether oxygens (including phenoxy) is 1. The lowest BCUT2D eigenvalue weighted by Gasteiger charge is -2.37. The van der Waals surface area contributed by atoms with Gasteiger partial charge < -0.3 is 15.4 Å². The Morgan fingerprint density at radius 1 is 1.07 bits per heavy atom. The lowest BCUT2D eigenvalue weighted by molar-refractivity contribution is -0.0965. The molecule has 9 nitrogen and oxygen atoms in total. The second kappa shape index (κ2) is 10.3. The number of pyridine rings is 2. The highest BCUT2D eigenvalue weighted by Gasteiger charge is 2.37. The predicted octanol–water partition coefficient (Wildman–Crippen LogP) is 5.85. The van der Waals surface area contributed by atoms with Gasteiger partial charge >= 0.3 is 0 Å². The van der Waals surface area contributed by atoms with Crippen molar-refractivity contribution in [2.45, 2.75) is 18.5 Å². The van der Waals surface area contributed by atoms with Gasteiger partial charge in [0, 0.05) is 23.3 Å². The summed E-state index contributed by atoms with van der Waals surface area (Å²) in [6, 6.07) is 11.8. The van der Waals surface area contributed by atoms with Crippen molar-refractivity contribution in [1.29, 1.82) is 5.26 Å². The molecule has 4 heterocycles. The molecule has 1 fully saturated rings. The second-order valence-electron chi connectivity index (χ2n) is 9.84. The van der Waals surface area contributed by atoms with Crippen molar-refractivity contribution < 1.29 is 17.9 Å². The Bertz CT molecular complexity index is 1820. The van der Waals surface area contributed by atoms with E-state index in [4.69, 9.17) is 16.3 Å². The van der Waals surface area contributed by atoms with E-state index < -0.39 is 17.8 Å². The summed E-state index contributed by atoms with van der Waals surface area (Å²) in [5, 5.41) is 25.5. The van der Waals surface area contributed by atoms with E-state index in [1.165, 1.54) is 18.3 Å². The van der Waals surface area contributed by atoms with E-state index in [2.05, 4.69) is 37.0 Å². The van der Waals surface area contributed by atoms with E-state index in [0.29, 0.717) is 41.1 Å². The molecule has 1 aliphatic rings. The summed E-state index contributed by atoms with van der Waals surface area (Å²) in [6.45, 7) is 3.01. The van der Waals surface area contributed by atoms with Crippen LogP contribution in [0.25, 0.3) is 10.9 Å². The number of nitrogens with one attached hydrogen (secondary N) is 2. The number of hydrogen-bond donors (Lipinski definition) is 2. The molecule has 1 aliphatic heterocycles. The number of hydrogen-bond acceptors (Lipinski definition) is 8. The van der Waals surface area contributed by atoms with Crippen LogP contribution in [-0.4, -0.2) is 38.2 Å². The molecule has 5 aromatic rings. The summed E-state index contributed by atoms with van der Waals surface area (Å²) < 4.78 is 48.2. The van der Waals surface area contributed by atoms with E-state index in [1.54, 1.807) is 28.9 Å². The third-order valence-corrected chi connectivity index (χ3v) is 7.10. The van der Waals surface area contributed by atoms with Gasteiger partial charge in [0.25, 0.3) is 0 Å². The van der Waals surface area contributed by atoms with Crippen molar-refractivity contribution in [3.8, 4) is 6.07 Å². The molecule has 0 radical (unpaired) electrons. The van der Waals surface area contributed by atoms with Crippen LogP contribution < -0.4 is 10.6 Å². The Kier molecular flexibility index (Phi) is 6.69. The average Bonchev–Trinajstić information content (AvgIpc) is 3.44. The van der Waals surface area contributed by atoms with Crippen LogP contribution in [0.15, 0.2) is 61.1 Å². The molecule has 0 spiro atoms. The predicted molar refractivity (Wildman–Crippen MR) is 145 cm³/mol. The van der Waals surface area contributed by atoms with Crippen LogP contribution >= 0.6 is 11.6 Å². The van der Waals surface area contributed by atoms with E-state index >= 15 is 0 Å². The number of aromatic nitrogens is 5. The van der Waals surface area contributed by atoms with Crippen LogP contribution in [0.2, 0.25) is 5.02 Å². The molecular formula is C28H20ClF3N8O. The fourth-order valence-electron chi connectivity index (χ4n) is 4.55. The van der Waals surface area contributed by atoms with Gasteiger partial charge in [-0.25, -0.2) is 18.4 Å². The molecule has 0 saturated carbocycles. The fourth-order valence-corrected chi connectivity index (χ4v) is 4.82. The van der Waals surface area contributed by atoms with Crippen LogP contribution in [0.4, 0.5) is 30.2 Å². The van der Waals surface area contributed by atoms with E-state index in [1.807, 2.05) is 13.1 Å². The standard InChI is InChI=1S/C28H20ClF3N8O/c1-28(13-41-14-28)40-12-23(38-39-40)25(15-2-4-17(30)5-3-15)36-18-6-20-24(37-19-8-22(31)27(32)35-11-19)16(9-33)10-34-26(20)21(29)7-18/h2-8,10-12,25,36H,13-14H2,1H3,(H,34,37)/t25-/m0/s1. The van der Waals surface area contributed by atoms with Gasteiger partial charge in [0.2, 0.25) is 5.95 Å². The molecule has 0 unspecified atom stereocenters. The minimum atomic E-state index is -1.24. The molecule has 1 saturated heterocycles. The van der Waals surface area contributed by atoms with Gasteiger partial charge in [-0.05, 0) is 36.8 Å². The molecule has 41 heavy (non-hydrogen) atoms. The van der Waals surface area contributed by atoms with Crippen molar-refractivity contribution in [2.75, 3.05) is 23.8 Å². The van der Waals surface area contributed by atoms with Crippen molar-refractivity contribution in [1.82, 2.24) is 25.0 Å². The molecule has 3 aromatic heterocycles. The summed E-state index contributed by atoms with van der Waals surface area (Å²) in [6.07, 6.45) is 4.25. The van der Waals surface area contributed by atoms with Gasteiger partial charge in [-0.2, -0.15) is 9.65 Å². The Balaban J connectivity index is 1.43. The molecule has 0 aliphatic carbocycles. The third-order valence-electron chi connectivity index (χ3n) is 6.81. The zero-order valence-electron chi connectivity index (χ0n) is 21.4. The summed E-state index contributed by atoms with van der Waals surface area (Å²) in [5.74, 6) is -2.78. The minimum absolute atomic E-state index is 0.122. The van der Waals surface area contributed by atoms with Crippen LogP contribution in [0.3, 0.4) is 0 Å². The Hall–Kier alpha value is -4.73. The number of rotatable bonds is 7. The Labute approximate surface area is 236 Å². The minimum Gasteiger partial charge on any atom is -0.376 e. The Morgan fingerprint density at radius 2 is 1.85 bits per heavy atom. The van der Waals surface area contributed by atoms with E-state index in [0.717, 1.165) is 12.3 Å². The summed E-state index contributed by atoms with van der Waals surface area (Å²) in [7, 11) is 0. The monoisotopic (exact) mass is 576 g/mol. The second-order valence-corrected chi connectivity index (χ2v) is 10.2. The van der Waals surface area contributed by atoms with Crippen molar-refractivity contribution in [3.05, 3.63) is 100 Å². The maximum Gasteiger partial charge on any atom is 0.249 e. The van der Waals surface area contributed by atoms with E-state index in [9.17, 15) is 18.4 Å². The van der Waals surface area contributed by atoms with Gasteiger partial charge in [-0.15, -0.1) is 5.10 Å². The molecule has 0 bridgehead atoms. The zero-order valence-corrected chi connectivity index (χ0v) is 22.1. The van der Waals surface area contributed by atoms with Gasteiger partial charge in [-0.1, -0.05) is 28.9 Å². The molecule has 206 valence electrons. The maximum absolute atomic E-state index is 13.9. The first-order valence-electron chi connectivity index (χ1n) is 12.4. The summed E-state index contributed by atoms with van der Waals surface area (Å²) in [5.41, 5.74) is 2.39. The highest BCUT2D eigenvalue weighted by atomic mass is 35.5. The number of halogens is 4.